The Bertz CT molecular complexity index is 3390. The van der Waals surface area contributed by atoms with Crippen molar-refractivity contribution in [2.45, 2.75) is 273 Å². The van der Waals surface area contributed by atoms with Crippen LogP contribution >= 0.6 is 11.8 Å². The Morgan fingerprint density at radius 2 is 1.27 bits per heavy atom. The van der Waals surface area contributed by atoms with Crippen LogP contribution in [0.25, 0.3) is 0 Å². The number of benzene rings is 2. The molecule has 23 N–H and O–H groups in total. The number of rotatable bonds is 43. The number of phenolic OH excluding ortho intramolecular Hbond substituents is 1. The number of thioether (sulfide) groups is 1. The van der Waals surface area contributed by atoms with Crippen LogP contribution in [-0.4, -0.2) is 277 Å². The number of fused-ring (bicyclic) bond motifs is 2. The van der Waals surface area contributed by atoms with E-state index in [0.717, 1.165) is 67.4 Å². The number of hydrogen-bond acceptors (Lipinski definition) is 24. The monoisotopic (exact) mass is 1630 g/mol. The second-order valence-corrected chi connectivity index (χ2v) is 31.9. The van der Waals surface area contributed by atoms with Crippen molar-refractivity contribution in [1.82, 2.24) is 68.3 Å². The van der Waals surface area contributed by atoms with E-state index in [1.54, 1.807) is 30.3 Å². The van der Waals surface area contributed by atoms with E-state index in [0.29, 0.717) is 48.8 Å². The topological polar surface area (TPSA) is 558 Å². The SMILES string of the molecule is CC[C@H](C)C[C@H](C)CCCCCCCCC(=O)N[C@H]1C[C@@H](O)[C@@H](NCCN)NC(=O)[C@@H]2[C@@H](O)CCN2C(=O)[C@H]([C@H](O)CCNC(=O)[C@@H](N)CCCNC(=O)[C@H](Cc2ccccc2)NC(=O)[C@H](CC(C)C)NC(=O)[C@H](CCSC)NC=O)NC(=O)[C@H]([C@H](O)[C@@H](O)c2ccc(O)cc2)NC(=O)[C@@H]2C[C@@H](O)CN2C(=O)[C@H]([C@@H](C)O)NC1=O. The number of aliphatic hydroxyl groups excluding tert-OH is 7. The quantitative estimate of drug-likeness (QED) is 0.0235. The number of amides is 12. The summed E-state index contributed by atoms with van der Waals surface area (Å²) in [7, 11) is 0. The van der Waals surface area contributed by atoms with E-state index >= 15 is 9.59 Å². The third-order valence-electron chi connectivity index (χ3n) is 20.9. The van der Waals surface area contributed by atoms with E-state index in [1.165, 1.54) is 30.3 Å². The number of carbonyl (C=O) groups excluding carboxylic acids is 12. The van der Waals surface area contributed by atoms with E-state index in [4.69, 9.17) is 11.5 Å². The van der Waals surface area contributed by atoms with E-state index in [-0.39, 0.29) is 75.4 Å². The summed E-state index contributed by atoms with van der Waals surface area (Å²) < 4.78 is 0. The normalized spacial score (nSPS) is 24.0. The fraction of sp³-hybridized carbons (Fsp3) is 0.692. The molecule has 2 aromatic carbocycles. The molecule has 2 aromatic rings. The third kappa shape index (κ3) is 31.1. The van der Waals surface area contributed by atoms with Gasteiger partial charge in [-0.3, -0.25) is 62.9 Å². The first-order chi connectivity index (χ1) is 54.2. The molecule has 35 nitrogen and oxygen atoms in total. The first-order valence-corrected chi connectivity index (χ1v) is 41.4. The molecular weight excluding hydrogens is 1500 g/mol. The summed E-state index contributed by atoms with van der Waals surface area (Å²) >= 11 is 1.47. The van der Waals surface area contributed by atoms with Gasteiger partial charge in [-0.25, -0.2) is 0 Å². The Morgan fingerprint density at radius 3 is 1.92 bits per heavy atom. The largest absolute Gasteiger partial charge is 0.508 e. The number of nitrogens with two attached hydrogens (primary N) is 2. The zero-order valence-electron chi connectivity index (χ0n) is 66.7. The molecule has 0 aromatic heterocycles. The zero-order valence-corrected chi connectivity index (χ0v) is 67.5. The maximum atomic E-state index is 15.3. The number of nitrogens with zero attached hydrogens (tertiary/aromatic N) is 2. The molecule has 3 heterocycles. The van der Waals surface area contributed by atoms with Gasteiger partial charge in [-0.2, -0.15) is 11.8 Å². The van der Waals surface area contributed by atoms with Gasteiger partial charge in [-0.05, 0) is 111 Å². The number of phenols is 1. The van der Waals surface area contributed by atoms with Crippen molar-refractivity contribution >= 4 is 83.2 Å². The van der Waals surface area contributed by atoms with Crippen molar-refractivity contribution in [3.05, 3.63) is 65.7 Å². The van der Waals surface area contributed by atoms with Gasteiger partial charge in [0.05, 0.1) is 36.6 Å². The van der Waals surface area contributed by atoms with Crippen LogP contribution in [0.3, 0.4) is 0 Å². The van der Waals surface area contributed by atoms with Crippen molar-refractivity contribution in [3.8, 4) is 5.75 Å². The molecule has 12 amide bonds. The van der Waals surface area contributed by atoms with Gasteiger partial charge in [0.15, 0.2) is 0 Å². The average molecular weight is 1630 g/mol. The number of aliphatic hydroxyl groups is 7. The summed E-state index contributed by atoms with van der Waals surface area (Å²) in [6.45, 7) is 9.70. The third-order valence-corrected chi connectivity index (χ3v) is 21.6. The van der Waals surface area contributed by atoms with E-state index < -0.39 is 213 Å². The van der Waals surface area contributed by atoms with Gasteiger partial charge >= 0.3 is 0 Å². The maximum Gasteiger partial charge on any atom is 0.248 e. The van der Waals surface area contributed by atoms with Gasteiger partial charge in [0.1, 0.15) is 78.5 Å². The first-order valence-electron chi connectivity index (χ1n) is 40.0. The Labute approximate surface area is 671 Å². The predicted molar refractivity (Wildman–Crippen MR) is 424 cm³/mol. The van der Waals surface area contributed by atoms with Gasteiger partial charge in [0.25, 0.3) is 0 Å². The minimum Gasteiger partial charge on any atom is -0.508 e. The summed E-state index contributed by atoms with van der Waals surface area (Å²) in [6, 6.07) is -3.00. The van der Waals surface area contributed by atoms with Gasteiger partial charge in [0, 0.05) is 65.0 Å². The summed E-state index contributed by atoms with van der Waals surface area (Å²) in [5.41, 5.74) is 12.8. The molecule has 640 valence electrons. The van der Waals surface area contributed by atoms with Gasteiger partial charge in [-0.15, -0.1) is 0 Å². The molecule has 3 aliphatic heterocycles. The van der Waals surface area contributed by atoms with Crippen LogP contribution in [0.1, 0.15) is 174 Å². The van der Waals surface area contributed by atoms with Crippen molar-refractivity contribution in [2.75, 3.05) is 51.3 Å². The van der Waals surface area contributed by atoms with Crippen LogP contribution in [0, 0.1) is 17.8 Å². The molecule has 114 heavy (non-hydrogen) atoms. The molecule has 0 aliphatic carbocycles. The minimum atomic E-state index is -2.42. The maximum absolute atomic E-state index is 15.3. The fourth-order valence-corrected chi connectivity index (χ4v) is 14.7. The van der Waals surface area contributed by atoms with Crippen LogP contribution in [-0.2, 0) is 64.0 Å². The highest BCUT2D eigenvalue weighted by Gasteiger charge is 2.49. The van der Waals surface area contributed by atoms with Crippen molar-refractivity contribution in [3.63, 3.8) is 0 Å². The van der Waals surface area contributed by atoms with E-state index in [1.807, 2.05) is 20.1 Å². The molecule has 3 saturated heterocycles. The Kier molecular flexibility index (Phi) is 42.0. The smallest absolute Gasteiger partial charge is 0.248 e. The lowest BCUT2D eigenvalue weighted by molar-refractivity contribution is -0.148. The van der Waals surface area contributed by atoms with Crippen LogP contribution in [0.2, 0.25) is 0 Å². The first kappa shape index (κ1) is 96.4. The summed E-state index contributed by atoms with van der Waals surface area (Å²) in [5.74, 6) is -9.34. The highest BCUT2D eigenvalue weighted by atomic mass is 32.2. The Hall–Kier alpha value is -8.17. The van der Waals surface area contributed by atoms with Crippen molar-refractivity contribution in [1.29, 1.82) is 0 Å². The highest BCUT2D eigenvalue weighted by Crippen LogP contribution is 2.28. The van der Waals surface area contributed by atoms with Crippen LogP contribution in [0.4, 0.5) is 0 Å². The van der Waals surface area contributed by atoms with Crippen LogP contribution < -0.4 is 70.0 Å². The van der Waals surface area contributed by atoms with Crippen molar-refractivity contribution in [2.24, 2.45) is 29.2 Å². The lowest BCUT2D eigenvalue weighted by atomic mass is 9.91. The van der Waals surface area contributed by atoms with E-state index in [2.05, 4.69) is 79.3 Å². The molecule has 0 radical (unpaired) electrons. The summed E-state index contributed by atoms with van der Waals surface area (Å²) in [5, 5.41) is 121. The fourth-order valence-electron chi connectivity index (χ4n) is 14.3. The lowest BCUT2D eigenvalue weighted by Crippen LogP contribution is -2.65. The summed E-state index contributed by atoms with van der Waals surface area (Å²) in [6.07, 6.45) is -6.13. The van der Waals surface area contributed by atoms with Gasteiger partial charge < -0.3 is 115 Å². The number of aromatic hydroxyl groups is 1. The molecule has 3 fully saturated rings. The molecule has 20 atom stereocenters. The minimum absolute atomic E-state index is 0.0404. The number of unbranched alkanes of at least 4 members (excludes halogenated alkanes) is 5. The van der Waals surface area contributed by atoms with Crippen LogP contribution in [0.5, 0.6) is 5.75 Å². The number of hydrogen-bond donors (Lipinski definition) is 21. The standard InChI is InChI=1S/C78H127N15O20S/c1-8-45(4)38-46(5)19-14-11-9-10-12-17-23-61(101)85-56-41-60(100)68(81-34-31-79)91-76(111)65-59(99)29-35-92(65)78(113)63(89-75(110)64(67(103)66(102)49-24-26-50(96)27-25-49)90-74(109)57-40-51(97)42-93(57)77(112)62(47(6)95)88-73(56)108)58(98)28-33-83-69(104)52(80)22-18-32-82-70(105)55(39-48-20-15-13-16-21-48)87-72(107)54(37-44(2)3)86-71(106)53(84-43-94)30-36-114-7/h13,15-16,20-21,24-27,43-47,51-60,62-68,81,95-100,102-103H,8-12,14,17-19,22-23,28-42,79-80H2,1-7H3,(H,82,105)(H,83,104)(H,84,94)(H,85,101)(H,86,106)(H,87,107)(H,88,108)(H,89,110)(H,90,109)(H,91,111)/t45-,46+,47+,51+,52-,53-,54-,55-,56-,57-,58+,59-,60+,62-,63-,64-,65-,66-,67-,68-/m0/s1. The second kappa shape index (κ2) is 49.7. The van der Waals surface area contributed by atoms with E-state index in [9.17, 15) is 88.8 Å². The Morgan fingerprint density at radius 1 is 0.640 bits per heavy atom. The highest BCUT2D eigenvalue weighted by molar-refractivity contribution is 7.98. The van der Waals surface area contributed by atoms with Crippen LogP contribution in [0.15, 0.2) is 54.6 Å². The second-order valence-electron chi connectivity index (χ2n) is 30.9. The van der Waals surface area contributed by atoms with Gasteiger partial charge in [-0.1, -0.05) is 122 Å². The van der Waals surface area contributed by atoms with Gasteiger partial charge in [0.2, 0.25) is 71.4 Å². The molecule has 5 rings (SSSR count). The van der Waals surface area contributed by atoms with Crippen molar-refractivity contribution < 1.29 is 98.4 Å². The number of carbonyl (C=O) groups is 12. The molecule has 0 unspecified atom stereocenters. The number of nitrogens with one attached hydrogen (secondary N) is 11. The molecule has 3 aliphatic rings. The molecule has 0 bridgehead atoms. The average Bonchev–Trinajstić information content (AvgIpc) is 1.61. The summed E-state index contributed by atoms with van der Waals surface area (Å²) in [4.78, 5) is 171. The molecule has 0 spiro atoms. The lowest BCUT2D eigenvalue weighted by Gasteiger charge is -2.35. The predicted octanol–water partition coefficient (Wildman–Crippen LogP) is -2.80. The zero-order chi connectivity index (χ0) is 84.3. The molecule has 36 heteroatoms. The molecule has 0 saturated carbocycles. The molecular formula is C78H127N15O20S. The Balaban J connectivity index is 1.42.